The van der Waals surface area contributed by atoms with Crippen molar-refractivity contribution in [3.8, 4) is 17.1 Å². The van der Waals surface area contributed by atoms with Gasteiger partial charge in [-0.25, -0.2) is 0 Å². The molecule has 0 unspecified atom stereocenters. The Morgan fingerprint density at radius 3 is 2.74 bits per heavy atom. The molecule has 8 heteroatoms. The van der Waals surface area contributed by atoms with Gasteiger partial charge in [0.25, 0.3) is 0 Å². The fourth-order valence-corrected chi connectivity index (χ4v) is 4.94. The van der Waals surface area contributed by atoms with E-state index in [2.05, 4.69) is 27.4 Å². The third-order valence-electron chi connectivity index (χ3n) is 5.84. The smallest absolute Gasteiger partial charge is 0.230 e. The van der Waals surface area contributed by atoms with Crippen molar-refractivity contribution in [2.75, 3.05) is 5.75 Å². The number of rotatable bonds is 6. The summed E-state index contributed by atoms with van der Waals surface area (Å²) in [6, 6.07) is 9.82. The molecule has 0 saturated heterocycles. The van der Waals surface area contributed by atoms with Gasteiger partial charge in [-0.15, -0.1) is 10.2 Å². The average molecular weight is 456 g/mol. The number of hydrogen-bond donors (Lipinski definition) is 1. The van der Waals surface area contributed by atoms with Crippen LogP contribution in [0, 0.1) is 12.8 Å². The summed E-state index contributed by atoms with van der Waals surface area (Å²) in [7, 11) is 0. The highest BCUT2D eigenvalue weighted by Crippen LogP contribution is 2.31. The van der Waals surface area contributed by atoms with E-state index in [1.54, 1.807) is 12.4 Å². The summed E-state index contributed by atoms with van der Waals surface area (Å²) in [5, 5.41) is 13.4. The lowest BCUT2D eigenvalue weighted by Crippen LogP contribution is -2.41. The summed E-state index contributed by atoms with van der Waals surface area (Å²) in [6.07, 6.45) is 8.12. The molecular weight excluding hydrogens is 430 g/mol. The molecule has 2 heterocycles. The molecule has 1 aliphatic carbocycles. The maximum Gasteiger partial charge on any atom is 0.230 e. The van der Waals surface area contributed by atoms with Crippen molar-refractivity contribution >= 4 is 29.3 Å². The van der Waals surface area contributed by atoms with Crippen LogP contribution in [0.1, 0.15) is 38.2 Å². The number of carbonyl (C=O) groups excluding carboxylic acids is 1. The Balaban J connectivity index is 1.60. The molecule has 0 bridgehead atoms. The van der Waals surface area contributed by atoms with Crippen molar-refractivity contribution < 1.29 is 4.79 Å². The van der Waals surface area contributed by atoms with Crippen molar-refractivity contribution in [3.05, 3.63) is 53.3 Å². The van der Waals surface area contributed by atoms with Gasteiger partial charge in [-0.05, 0) is 55.5 Å². The van der Waals surface area contributed by atoms with E-state index >= 15 is 0 Å². The van der Waals surface area contributed by atoms with Crippen LogP contribution < -0.4 is 5.32 Å². The highest BCUT2D eigenvalue weighted by Gasteiger charge is 2.24. The lowest BCUT2D eigenvalue weighted by Gasteiger charge is -2.29. The highest BCUT2D eigenvalue weighted by atomic mass is 35.5. The number of pyridine rings is 1. The Bertz CT molecular complexity index is 1060. The second kappa shape index (κ2) is 9.83. The molecule has 162 valence electrons. The SMILES string of the molecule is Cc1c(Cl)cccc1-n1c(SCC(=O)N[C@@H]2CCCC[C@H]2C)nnc1-c1ccncc1. The first-order valence-corrected chi connectivity index (χ1v) is 11.9. The Labute approximate surface area is 191 Å². The average Bonchev–Trinajstić information content (AvgIpc) is 3.20. The van der Waals surface area contributed by atoms with Crippen LogP contribution in [-0.4, -0.2) is 37.5 Å². The number of benzene rings is 1. The molecule has 6 nitrogen and oxygen atoms in total. The number of amides is 1. The summed E-state index contributed by atoms with van der Waals surface area (Å²) in [5.74, 6) is 1.54. The van der Waals surface area contributed by atoms with Gasteiger partial charge in [-0.1, -0.05) is 49.2 Å². The first-order chi connectivity index (χ1) is 15.0. The zero-order valence-corrected chi connectivity index (χ0v) is 19.3. The predicted octanol–water partition coefficient (Wildman–Crippen LogP) is 5.08. The summed E-state index contributed by atoms with van der Waals surface area (Å²) >= 11 is 7.78. The maximum atomic E-state index is 12.7. The van der Waals surface area contributed by atoms with Crippen LogP contribution in [0.2, 0.25) is 5.02 Å². The van der Waals surface area contributed by atoms with Crippen molar-refractivity contribution in [2.45, 2.75) is 50.7 Å². The molecule has 1 N–H and O–H groups in total. The Morgan fingerprint density at radius 1 is 1.19 bits per heavy atom. The molecular formula is C23H26ClN5OS. The monoisotopic (exact) mass is 455 g/mol. The quantitative estimate of drug-likeness (QED) is 0.525. The van der Waals surface area contributed by atoms with E-state index in [9.17, 15) is 4.79 Å². The molecule has 1 aliphatic rings. The molecule has 1 amide bonds. The van der Waals surface area contributed by atoms with Crippen molar-refractivity contribution in [3.63, 3.8) is 0 Å². The molecule has 2 atom stereocenters. The van der Waals surface area contributed by atoms with Crippen LogP contribution in [0.4, 0.5) is 0 Å². The molecule has 1 saturated carbocycles. The predicted molar refractivity (Wildman–Crippen MR) is 125 cm³/mol. The fraction of sp³-hybridized carbons (Fsp3) is 0.391. The van der Waals surface area contributed by atoms with E-state index in [1.807, 2.05) is 41.8 Å². The largest absolute Gasteiger partial charge is 0.352 e. The minimum Gasteiger partial charge on any atom is -0.352 e. The van der Waals surface area contributed by atoms with Gasteiger partial charge >= 0.3 is 0 Å². The molecule has 4 rings (SSSR count). The highest BCUT2D eigenvalue weighted by molar-refractivity contribution is 7.99. The first kappa shape index (κ1) is 21.8. The van der Waals surface area contributed by atoms with Crippen LogP contribution >= 0.6 is 23.4 Å². The van der Waals surface area contributed by atoms with Crippen molar-refractivity contribution in [1.29, 1.82) is 0 Å². The van der Waals surface area contributed by atoms with Crippen LogP contribution in [0.25, 0.3) is 17.1 Å². The topological polar surface area (TPSA) is 72.7 Å². The van der Waals surface area contributed by atoms with E-state index in [0.717, 1.165) is 23.2 Å². The van der Waals surface area contributed by atoms with Crippen LogP contribution in [-0.2, 0) is 4.79 Å². The lowest BCUT2D eigenvalue weighted by molar-refractivity contribution is -0.119. The third kappa shape index (κ3) is 4.93. The molecule has 0 spiro atoms. The standard InChI is InChI=1S/C23H26ClN5OS/c1-15-6-3-4-8-19(15)26-21(30)14-31-23-28-27-22(17-10-12-25-13-11-17)29(23)20-9-5-7-18(24)16(20)2/h5,7,9-13,15,19H,3-4,6,8,14H2,1-2H3,(H,26,30)/t15-,19-/m1/s1. The number of hydrogen-bond acceptors (Lipinski definition) is 5. The third-order valence-corrected chi connectivity index (χ3v) is 7.18. The summed E-state index contributed by atoms with van der Waals surface area (Å²) in [4.78, 5) is 16.8. The van der Waals surface area contributed by atoms with Crippen LogP contribution in [0.3, 0.4) is 0 Å². The molecule has 0 aliphatic heterocycles. The minimum absolute atomic E-state index is 0.0339. The second-order valence-electron chi connectivity index (χ2n) is 7.99. The van der Waals surface area contributed by atoms with Crippen molar-refractivity contribution in [2.24, 2.45) is 5.92 Å². The molecule has 2 aromatic heterocycles. The zero-order chi connectivity index (χ0) is 21.8. The molecule has 1 fully saturated rings. The Kier molecular flexibility index (Phi) is 6.92. The van der Waals surface area contributed by atoms with Gasteiger partial charge in [0.05, 0.1) is 11.4 Å². The van der Waals surface area contributed by atoms with E-state index < -0.39 is 0 Å². The van der Waals surface area contributed by atoms with Gasteiger partial charge in [0.1, 0.15) is 0 Å². The lowest BCUT2D eigenvalue weighted by atomic mass is 9.86. The van der Waals surface area contributed by atoms with Gasteiger partial charge in [-0.3, -0.25) is 14.3 Å². The molecule has 0 radical (unpaired) electrons. The second-order valence-corrected chi connectivity index (χ2v) is 9.34. The number of thioether (sulfide) groups is 1. The zero-order valence-electron chi connectivity index (χ0n) is 17.7. The van der Waals surface area contributed by atoms with Gasteiger partial charge in [0.2, 0.25) is 5.91 Å². The summed E-state index contributed by atoms with van der Waals surface area (Å²) < 4.78 is 1.97. The van der Waals surface area contributed by atoms with Crippen molar-refractivity contribution in [1.82, 2.24) is 25.1 Å². The van der Waals surface area contributed by atoms with E-state index in [0.29, 0.717) is 21.9 Å². The molecule has 31 heavy (non-hydrogen) atoms. The minimum atomic E-state index is 0.0339. The summed E-state index contributed by atoms with van der Waals surface area (Å²) in [6.45, 7) is 4.19. The Hall–Kier alpha value is -2.38. The number of nitrogens with one attached hydrogen (secondary N) is 1. The maximum absolute atomic E-state index is 12.7. The molecule has 3 aromatic rings. The number of halogens is 1. The fourth-order valence-electron chi connectivity index (χ4n) is 4.02. The van der Waals surface area contributed by atoms with Gasteiger partial charge in [-0.2, -0.15) is 0 Å². The van der Waals surface area contributed by atoms with E-state index in [-0.39, 0.29) is 17.7 Å². The number of nitrogens with zero attached hydrogens (tertiary/aromatic N) is 4. The van der Waals surface area contributed by atoms with Crippen LogP contribution in [0.15, 0.2) is 47.9 Å². The normalized spacial score (nSPS) is 18.7. The molecule has 1 aromatic carbocycles. The number of aromatic nitrogens is 4. The van der Waals surface area contributed by atoms with E-state index in [4.69, 9.17) is 11.6 Å². The van der Waals surface area contributed by atoms with Crippen LogP contribution in [0.5, 0.6) is 0 Å². The van der Waals surface area contributed by atoms with Gasteiger partial charge < -0.3 is 5.32 Å². The van der Waals surface area contributed by atoms with Gasteiger partial charge in [0.15, 0.2) is 11.0 Å². The summed E-state index contributed by atoms with van der Waals surface area (Å²) in [5.41, 5.74) is 2.73. The first-order valence-electron chi connectivity index (χ1n) is 10.6. The van der Waals surface area contributed by atoms with E-state index in [1.165, 1.54) is 31.0 Å². The number of carbonyl (C=O) groups is 1. The Morgan fingerprint density at radius 2 is 1.97 bits per heavy atom. The van der Waals surface area contributed by atoms with Gasteiger partial charge in [0, 0.05) is 29.0 Å².